The van der Waals surface area contributed by atoms with E-state index in [4.69, 9.17) is 11.6 Å². The van der Waals surface area contributed by atoms with Gasteiger partial charge in [-0.2, -0.15) is 0 Å². The first-order valence-electron chi connectivity index (χ1n) is 7.13. The zero-order chi connectivity index (χ0) is 16.1. The topological polar surface area (TPSA) is 44.4 Å². The quantitative estimate of drug-likeness (QED) is 0.827. The molecule has 0 bridgehead atoms. The van der Waals surface area contributed by atoms with Crippen LogP contribution in [0.25, 0.3) is 0 Å². The van der Waals surface area contributed by atoms with Crippen LogP contribution in [-0.4, -0.2) is 19.6 Å². The molecule has 2 rings (SSSR count). The SMILES string of the molecule is CCN(C)c1cccc(NC(=O)NC(C)c2ccc(Cl)s2)c1. The highest BCUT2D eigenvalue weighted by atomic mass is 35.5. The third kappa shape index (κ3) is 4.39. The van der Waals surface area contributed by atoms with Gasteiger partial charge < -0.3 is 15.5 Å². The zero-order valence-electron chi connectivity index (χ0n) is 12.9. The summed E-state index contributed by atoms with van der Waals surface area (Å²) in [4.78, 5) is 15.2. The summed E-state index contributed by atoms with van der Waals surface area (Å²) in [7, 11) is 2.02. The molecule has 2 N–H and O–H groups in total. The molecule has 0 saturated carbocycles. The highest BCUT2D eigenvalue weighted by Crippen LogP contribution is 2.26. The molecule has 0 saturated heterocycles. The molecular weight excluding hydrogens is 318 g/mol. The smallest absolute Gasteiger partial charge is 0.319 e. The van der Waals surface area contributed by atoms with Gasteiger partial charge in [0.1, 0.15) is 0 Å². The first-order valence-corrected chi connectivity index (χ1v) is 8.33. The number of benzene rings is 1. The molecule has 1 aromatic heterocycles. The lowest BCUT2D eigenvalue weighted by molar-refractivity contribution is 0.249. The van der Waals surface area contributed by atoms with E-state index in [1.54, 1.807) is 0 Å². The minimum atomic E-state index is -0.228. The van der Waals surface area contributed by atoms with Gasteiger partial charge in [0.2, 0.25) is 0 Å². The molecule has 6 heteroatoms. The zero-order valence-corrected chi connectivity index (χ0v) is 14.5. The average Bonchev–Trinajstić information content (AvgIpc) is 2.93. The molecule has 1 aromatic carbocycles. The molecule has 1 unspecified atom stereocenters. The fourth-order valence-electron chi connectivity index (χ4n) is 2.00. The van der Waals surface area contributed by atoms with Crippen molar-refractivity contribution in [3.63, 3.8) is 0 Å². The van der Waals surface area contributed by atoms with Crippen LogP contribution in [0.1, 0.15) is 24.8 Å². The minimum Gasteiger partial charge on any atom is -0.375 e. The van der Waals surface area contributed by atoms with Crippen molar-refractivity contribution in [2.75, 3.05) is 23.8 Å². The largest absolute Gasteiger partial charge is 0.375 e. The van der Waals surface area contributed by atoms with Crippen molar-refractivity contribution in [3.8, 4) is 0 Å². The summed E-state index contributed by atoms with van der Waals surface area (Å²) in [5, 5.41) is 5.77. The second kappa shape index (κ2) is 7.51. The number of hydrogen-bond acceptors (Lipinski definition) is 3. The van der Waals surface area contributed by atoms with E-state index >= 15 is 0 Å². The molecular formula is C16H20ClN3OS. The van der Waals surface area contributed by atoms with Gasteiger partial charge in [-0.15, -0.1) is 11.3 Å². The molecule has 118 valence electrons. The summed E-state index contributed by atoms with van der Waals surface area (Å²) in [6.45, 7) is 4.93. The Morgan fingerprint density at radius 3 is 2.77 bits per heavy atom. The Bertz CT molecular complexity index is 644. The highest BCUT2D eigenvalue weighted by molar-refractivity contribution is 7.16. The van der Waals surface area contributed by atoms with Gasteiger partial charge >= 0.3 is 6.03 Å². The summed E-state index contributed by atoms with van der Waals surface area (Å²) < 4.78 is 0.722. The molecule has 1 atom stereocenters. The van der Waals surface area contributed by atoms with E-state index in [9.17, 15) is 4.79 Å². The maximum absolute atomic E-state index is 12.1. The van der Waals surface area contributed by atoms with Crippen LogP contribution in [0, 0.1) is 0 Å². The van der Waals surface area contributed by atoms with Crippen molar-refractivity contribution in [2.24, 2.45) is 0 Å². The van der Waals surface area contributed by atoms with E-state index in [-0.39, 0.29) is 12.1 Å². The number of carbonyl (C=O) groups is 1. The summed E-state index contributed by atoms with van der Waals surface area (Å²) in [5.41, 5.74) is 1.84. The minimum absolute atomic E-state index is 0.0843. The van der Waals surface area contributed by atoms with E-state index < -0.39 is 0 Å². The molecule has 2 amide bonds. The number of amides is 2. The van der Waals surface area contributed by atoms with Gasteiger partial charge in [0, 0.05) is 29.8 Å². The van der Waals surface area contributed by atoms with Crippen molar-refractivity contribution in [1.29, 1.82) is 0 Å². The van der Waals surface area contributed by atoms with Gasteiger partial charge in [0.15, 0.2) is 0 Å². The lowest BCUT2D eigenvalue weighted by Gasteiger charge is -2.18. The van der Waals surface area contributed by atoms with Crippen LogP contribution in [0.2, 0.25) is 4.34 Å². The number of carbonyl (C=O) groups excluding carboxylic acids is 1. The van der Waals surface area contributed by atoms with E-state index in [2.05, 4.69) is 22.5 Å². The monoisotopic (exact) mass is 337 g/mol. The van der Waals surface area contributed by atoms with Crippen LogP contribution >= 0.6 is 22.9 Å². The van der Waals surface area contributed by atoms with Gasteiger partial charge in [0.05, 0.1) is 10.4 Å². The number of rotatable bonds is 5. The number of nitrogens with one attached hydrogen (secondary N) is 2. The first-order chi connectivity index (χ1) is 10.5. The molecule has 2 aromatic rings. The number of nitrogens with zero attached hydrogens (tertiary/aromatic N) is 1. The molecule has 22 heavy (non-hydrogen) atoms. The predicted octanol–water partition coefficient (Wildman–Crippen LogP) is 4.74. The fraction of sp³-hybridized carbons (Fsp3) is 0.312. The Morgan fingerprint density at radius 1 is 1.36 bits per heavy atom. The van der Waals surface area contributed by atoms with Crippen molar-refractivity contribution < 1.29 is 4.79 Å². The second-order valence-electron chi connectivity index (χ2n) is 5.03. The molecule has 0 radical (unpaired) electrons. The summed E-state index contributed by atoms with van der Waals surface area (Å²) in [6, 6.07) is 11.2. The van der Waals surface area contributed by atoms with Crippen LogP contribution in [-0.2, 0) is 0 Å². The van der Waals surface area contributed by atoms with Crippen LogP contribution in [0.3, 0.4) is 0 Å². The van der Waals surface area contributed by atoms with Gasteiger partial charge in [-0.1, -0.05) is 17.7 Å². The molecule has 0 fully saturated rings. The van der Waals surface area contributed by atoms with Gasteiger partial charge in [0.25, 0.3) is 0 Å². The number of urea groups is 1. The molecule has 0 aliphatic heterocycles. The van der Waals surface area contributed by atoms with Gasteiger partial charge in [-0.3, -0.25) is 0 Å². The molecule has 4 nitrogen and oxygen atoms in total. The van der Waals surface area contributed by atoms with Crippen molar-refractivity contribution >= 4 is 40.3 Å². The summed E-state index contributed by atoms with van der Waals surface area (Å²) in [6.07, 6.45) is 0. The number of halogens is 1. The van der Waals surface area contributed by atoms with Crippen LogP contribution in [0.5, 0.6) is 0 Å². The molecule has 0 aliphatic carbocycles. The highest BCUT2D eigenvalue weighted by Gasteiger charge is 2.12. The Morgan fingerprint density at radius 2 is 2.14 bits per heavy atom. The standard InChI is InChI=1S/C16H20ClN3OS/c1-4-20(3)13-7-5-6-12(10-13)19-16(21)18-11(2)14-8-9-15(17)22-14/h5-11H,4H2,1-3H3,(H2,18,19,21). The predicted molar refractivity (Wildman–Crippen MR) is 95.3 cm³/mol. The Labute approximate surface area is 140 Å². The van der Waals surface area contributed by atoms with Crippen molar-refractivity contribution in [1.82, 2.24) is 5.32 Å². The molecule has 0 spiro atoms. The first kappa shape index (κ1) is 16.6. The van der Waals surface area contributed by atoms with Crippen LogP contribution in [0.4, 0.5) is 16.2 Å². The number of anilines is 2. The van der Waals surface area contributed by atoms with Gasteiger partial charge in [-0.25, -0.2) is 4.79 Å². The number of thiophene rings is 1. The van der Waals surface area contributed by atoms with Crippen LogP contribution < -0.4 is 15.5 Å². The Hall–Kier alpha value is -1.72. The average molecular weight is 338 g/mol. The maximum atomic E-state index is 12.1. The number of hydrogen-bond donors (Lipinski definition) is 2. The lowest BCUT2D eigenvalue weighted by atomic mass is 10.2. The Kier molecular flexibility index (Phi) is 5.69. The summed E-state index contributed by atoms with van der Waals surface area (Å²) >= 11 is 7.39. The third-order valence-electron chi connectivity index (χ3n) is 3.39. The van der Waals surface area contributed by atoms with E-state index in [1.807, 2.05) is 50.4 Å². The van der Waals surface area contributed by atoms with E-state index in [0.29, 0.717) is 0 Å². The second-order valence-corrected chi connectivity index (χ2v) is 6.77. The summed E-state index contributed by atoms with van der Waals surface area (Å²) in [5.74, 6) is 0. The maximum Gasteiger partial charge on any atom is 0.319 e. The normalized spacial score (nSPS) is 11.8. The lowest BCUT2D eigenvalue weighted by Crippen LogP contribution is -2.30. The van der Waals surface area contributed by atoms with Crippen LogP contribution in [0.15, 0.2) is 36.4 Å². The van der Waals surface area contributed by atoms with Crippen molar-refractivity contribution in [3.05, 3.63) is 45.6 Å². The molecule has 0 aliphatic rings. The van der Waals surface area contributed by atoms with Crippen molar-refractivity contribution in [2.45, 2.75) is 19.9 Å². The van der Waals surface area contributed by atoms with E-state index in [0.717, 1.165) is 27.1 Å². The molecule has 1 heterocycles. The Balaban J connectivity index is 1.97. The fourth-order valence-corrected chi connectivity index (χ4v) is 3.06. The van der Waals surface area contributed by atoms with Gasteiger partial charge in [-0.05, 0) is 44.2 Å². The third-order valence-corrected chi connectivity index (χ3v) is 4.80. The van der Waals surface area contributed by atoms with E-state index in [1.165, 1.54) is 11.3 Å².